The molecular weight excluding hydrogens is 1750 g/mol. The van der Waals surface area contributed by atoms with Gasteiger partial charge in [-0.05, 0) is 239 Å². The van der Waals surface area contributed by atoms with Crippen molar-refractivity contribution in [3.63, 3.8) is 0 Å². The van der Waals surface area contributed by atoms with Crippen LogP contribution in [0.25, 0.3) is 67.9 Å². The minimum Gasteiger partial charge on any atom is -0.472 e. The fourth-order valence-electron chi connectivity index (χ4n) is 16.0. The van der Waals surface area contributed by atoms with Crippen LogP contribution in [0.15, 0.2) is 313 Å². The van der Waals surface area contributed by atoms with Crippen LogP contribution in [0.2, 0.25) is 0 Å². The quantitative estimate of drug-likeness (QED) is 0.0557. The summed E-state index contributed by atoms with van der Waals surface area (Å²) in [5.74, 6) is -1.90. The summed E-state index contributed by atoms with van der Waals surface area (Å²) in [6, 6.07) is 77.0. The highest BCUT2D eigenvalue weighted by Crippen LogP contribution is 2.41. The number of amides is 4. The van der Waals surface area contributed by atoms with Crippen LogP contribution in [0, 0.1) is 56.8 Å². The van der Waals surface area contributed by atoms with Crippen LogP contribution in [0.3, 0.4) is 0 Å². The van der Waals surface area contributed by atoms with Gasteiger partial charge in [-0.25, -0.2) is 40.7 Å². The molecule has 10 heterocycles. The maximum Gasteiger partial charge on any atom is 0.250 e. The molecule has 6 aromatic heterocycles. The van der Waals surface area contributed by atoms with Crippen LogP contribution in [0.4, 0.5) is 22.0 Å². The van der Waals surface area contributed by atoms with E-state index in [1.165, 1.54) is 88.5 Å². The van der Waals surface area contributed by atoms with E-state index in [0.717, 1.165) is 85.3 Å². The Kier molecular flexibility index (Phi) is 27.5. The third-order valence-electron chi connectivity index (χ3n) is 23.2. The molecule has 4 atom stereocenters. The lowest BCUT2D eigenvalue weighted by Crippen LogP contribution is -2.30. The molecule has 0 radical (unpaired) electrons. The highest BCUT2D eigenvalue weighted by Gasteiger charge is 2.41. The van der Waals surface area contributed by atoms with E-state index in [1.54, 1.807) is 118 Å². The number of furan rings is 1. The lowest BCUT2D eigenvalue weighted by Gasteiger charge is -2.23. The minimum absolute atomic E-state index is 0.0187. The van der Waals surface area contributed by atoms with Gasteiger partial charge in [0.05, 0.1) is 41.0 Å². The van der Waals surface area contributed by atoms with Crippen molar-refractivity contribution in [1.29, 1.82) is 0 Å². The first kappa shape index (κ1) is 89.4. The van der Waals surface area contributed by atoms with Gasteiger partial charge in [0.15, 0.2) is 24.9 Å². The molecule has 668 valence electrons. The topological polar surface area (TPSA) is 218 Å². The molecule has 4 unspecified atom stereocenters. The Balaban J connectivity index is 0.000000123. The molecule has 132 heavy (non-hydrogen) atoms. The zero-order chi connectivity index (χ0) is 91.5. The van der Waals surface area contributed by atoms with Crippen LogP contribution >= 0.6 is 15.9 Å². The Labute approximate surface area is 766 Å². The van der Waals surface area contributed by atoms with Crippen molar-refractivity contribution in [3.05, 3.63) is 405 Å². The molecule has 0 bridgehead atoms. The summed E-state index contributed by atoms with van der Waals surface area (Å²) < 4.78 is 104. The van der Waals surface area contributed by atoms with Gasteiger partial charge in [-0.1, -0.05) is 135 Å². The zero-order valence-electron chi connectivity index (χ0n) is 72.5. The second-order valence-corrected chi connectivity index (χ2v) is 33.4. The lowest BCUT2D eigenvalue weighted by atomic mass is 10.1. The monoisotopic (exact) mass is 1840 g/mol. The summed E-state index contributed by atoms with van der Waals surface area (Å²) in [5, 5.41) is 18.9. The Morgan fingerprint density at radius 1 is 0.326 bits per heavy atom. The molecule has 16 aromatic rings. The van der Waals surface area contributed by atoms with Crippen LogP contribution in [-0.4, -0.2) is 140 Å². The molecule has 10 aromatic carbocycles. The Hall–Kier alpha value is -14.6. The van der Waals surface area contributed by atoms with Gasteiger partial charge in [-0.15, -0.1) is 0 Å². The van der Waals surface area contributed by atoms with E-state index in [1.807, 2.05) is 81.1 Å². The molecule has 4 saturated heterocycles. The number of aryl methyl sites for hydroxylation is 4. The fraction of sp³-hybridized carbons (Fsp3) is 0.192. The number of aromatic amines is 1. The third kappa shape index (κ3) is 21.1. The molecule has 0 saturated carbocycles. The Morgan fingerprint density at radius 3 is 0.864 bits per heavy atom. The molecule has 22 nitrogen and oxygen atoms in total. The third-order valence-corrected chi connectivity index (χ3v) is 23.7. The van der Waals surface area contributed by atoms with E-state index >= 15 is 0 Å². The largest absolute Gasteiger partial charge is 0.472 e. The highest BCUT2D eigenvalue weighted by molar-refractivity contribution is 9.10. The van der Waals surface area contributed by atoms with Crippen molar-refractivity contribution in [2.75, 3.05) is 52.6 Å². The van der Waals surface area contributed by atoms with Gasteiger partial charge in [-0.3, -0.25) is 19.2 Å². The molecule has 4 aliphatic rings. The molecular formula is C104H91BrF5N13O9. The summed E-state index contributed by atoms with van der Waals surface area (Å²) in [7, 11) is 0. The first-order valence-electron chi connectivity index (χ1n) is 43.1. The van der Waals surface area contributed by atoms with E-state index in [0.29, 0.717) is 77.9 Å². The Bertz CT molecular complexity index is 6240. The van der Waals surface area contributed by atoms with Crippen molar-refractivity contribution >= 4 is 39.6 Å². The van der Waals surface area contributed by atoms with E-state index in [2.05, 4.69) is 132 Å². The summed E-state index contributed by atoms with van der Waals surface area (Å²) in [4.78, 5) is 61.0. The number of carbonyl (C=O) groups excluding carboxylic acids is 4. The number of nitrogens with zero attached hydrogens (tertiary/aromatic N) is 12. The molecule has 0 aliphatic carbocycles. The summed E-state index contributed by atoms with van der Waals surface area (Å²) in [6.07, 6.45) is 12.9. The van der Waals surface area contributed by atoms with Crippen molar-refractivity contribution in [1.82, 2.24) is 63.7 Å². The average Bonchev–Trinajstić information content (AvgIpc) is 1.64. The van der Waals surface area contributed by atoms with Gasteiger partial charge in [0.2, 0.25) is 0 Å². The molecule has 4 fully saturated rings. The van der Waals surface area contributed by atoms with Crippen LogP contribution in [-0.2, 0) is 63.8 Å². The number of H-pyrrole nitrogens is 1. The summed E-state index contributed by atoms with van der Waals surface area (Å²) in [6.45, 7) is 10.3. The minimum atomic E-state index is -0.632. The van der Waals surface area contributed by atoms with E-state index in [-0.39, 0.29) is 79.1 Å². The summed E-state index contributed by atoms with van der Waals surface area (Å²) in [5.41, 5.74) is 21.0. The molecule has 1 N–H and O–H groups in total. The van der Waals surface area contributed by atoms with E-state index in [9.17, 15) is 41.1 Å². The highest BCUT2D eigenvalue weighted by atomic mass is 79.9. The number of hydrogen-bond acceptors (Lipinski definition) is 13. The van der Waals surface area contributed by atoms with Gasteiger partial charge in [0.1, 0.15) is 78.3 Å². The van der Waals surface area contributed by atoms with Crippen LogP contribution < -0.4 is 0 Å². The number of ether oxygens (including phenoxy) is 4. The standard InChI is InChI=1S/C27H23BrFN3O2.C27H23F2N3O2.C25H23FN4O2.C25H22FN3O3/c1-18-2-4-19(5-3-18)14-15-31-25(33)17-34-27(31)24-16-32(23-12-8-21(28)9-13-23)30-26(24)20-6-10-22(29)11-7-20;1-18-2-4-19(5-3-18)14-15-31-25(33)17-34-27(31)24-16-32(23-12-10-22(29)11-13-23)30-26(24)20-6-8-21(28)9-7-20;1-17-4-6-18(7-5-17)12-14-29-23(31)16-32-25(29)21-15-30(20-10-8-19(26)9-11-20)28-24(21)22-3-2-13-27-22;1-17-2-4-18(5-3-17)10-12-28-23(30)16-32-25(28)22-14-29(21-8-6-20(26)7-9-21)27-24(22)19-11-13-31-15-19/h2*2-13,16,27H,14-15,17H2,1H3;2-11,13,15,25,27H,12,14,16H2,1H3;2-9,11,13-15,25H,10,12,16H2,1H3. The molecule has 4 amide bonds. The Morgan fingerprint density at radius 2 is 0.591 bits per heavy atom. The zero-order valence-corrected chi connectivity index (χ0v) is 74.1. The normalized spacial score (nSPS) is 16.0. The van der Waals surface area contributed by atoms with E-state index in [4.69, 9.17) is 43.8 Å². The predicted molar refractivity (Wildman–Crippen MR) is 491 cm³/mol. The molecule has 20 rings (SSSR count). The smallest absolute Gasteiger partial charge is 0.250 e. The molecule has 0 spiro atoms. The predicted octanol–water partition coefficient (Wildman–Crippen LogP) is 20.2. The second kappa shape index (κ2) is 40.6. The van der Waals surface area contributed by atoms with Crippen molar-refractivity contribution < 1.29 is 64.5 Å². The van der Waals surface area contributed by atoms with Gasteiger partial charge in [0.25, 0.3) is 23.6 Å². The van der Waals surface area contributed by atoms with Crippen molar-refractivity contribution in [2.45, 2.75) is 78.3 Å². The van der Waals surface area contributed by atoms with Crippen molar-refractivity contribution in [3.8, 4) is 67.9 Å². The SMILES string of the molecule is Cc1ccc(CCN2C(=O)COC2c2cn(-c3ccc(Br)cc3)nc2-c2ccc(F)cc2)cc1.Cc1ccc(CCN2C(=O)COC2c2cn(-c3ccc(F)cc3)nc2-c2ccc(F)cc2)cc1.Cc1ccc(CCN2C(=O)COC2c2cn(-c3ccc(F)cc3)nc2-c2ccc[nH]2)cc1.Cc1ccc(CCN2C(=O)COC2c2cn(-c3ccc(F)cc3)nc2-c2ccoc2)cc1. The average molecular weight is 1840 g/mol. The number of aromatic nitrogens is 9. The first-order chi connectivity index (χ1) is 64.1. The number of carbonyl (C=O) groups is 4. The molecule has 28 heteroatoms. The van der Waals surface area contributed by atoms with Gasteiger partial charge in [0, 0.05) is 101 Å². The van der Waals surface area contributed by atoms with Crippen LogP contribution in [0.1, 0.15) is 91.7 Å². The maximum atomic E-state index is 13.6. The van der Waals surface area contributed by atoms with Gasteiger partial charge in [-0.2, -0.15) is 20.4 Å². The van der Waals surface area contributed by atoms with E-state index < -0.39 is 24.9 Å². The van der Waals surface area contributed by atoms with Gasteiger partial charge >= 0.3 is 0 Å². The second-order valence-electron chi connectivity index (χ2n) is 32.5. The van der Waals surface area contributed by atoms with Crippen LogP contribution in [0.5, 0.6) is 0 Å². The summed E-state index contributed by atoms with van der Waals surface area (Å²) >= 11 is 3.46. The number of halogens is 6. The number of benzene rings is 10. The fourth-order valence-corrected chi connectivity index (χ4v) is 16.2. The first-order valence-corrected chi connectivity index (χ1v) is 43.9. The number of rotatable bonds is 24. The van der Waals surface area contributed by atoms with Crippen molar-refractivity contribution in [2.24, 2.45) is 0 Å². The number of nitrogens with one attached hydrogen (secondary N) is 1. The molecule has 4 aliphatic heterocycles. The lowest BCUT2D eigenvalue weighted by molar-refractivity contribution is -0.128. The van der Waals surface area contributed by atoms with Gasteiger partial charge < -0.3 is 47.9 Å². The maximum absolute atomic E-state index is 13.6. The number of hydrogen-bond donors (Lipinski definition) is 1.